The van der Waals surface area contributed by atoms with Crippen LogP contribution in [-0.2, 0) is 15.7 Å². The molecule has 3 unspecified atom stereocenters. The maximum atomic E-state index is 13.7. The van der Waals surface area contributed by atoms with Crippen LogP contribution >= 0.6 is 0 Å². The number of ether oxygens (including phenoxy) is 2. The number of aryl methyl sites for hydroxylation is 2. The van der Waals surface area contributed by atoms with Crippen LogP contribution in [0.15, 0.2) is 41.3 Å². The Morgan fingerprint density at radius 3 is 2.56 bits per heavy atom. The highest BCUT2D eigenvalue weighted by molar-refractivity contribution is 7.86. The molecule has 32 heavy (non-hydrogen) atoms. The summed E-state index contributed by atoms with van der Waals surface area (Å²) in [5.41, 5.74) is 4.02. The predicted octanol–water partition coefficient (Wildman–Crippen LogP) is 5.10. The maximum Gasteiger partial charge on any atom is 0.152 e. The fraction of sp³-hybridized carbons (Fsp3) is 0.538. The number of benzene rings is 2. The van der Waals surface area contributed by atoms with E-state index in [0.29, 0.717) is 35.4 Å². The largest absolute Gasteiger partial charge is 0.490 e. The Bertz CT molecular complexity index is 970. The SMILES string of the molecule is Cc1ccc(N(CC(C)C)S(=O)c2ccc3c(c2)C(O)CC(C2CCOCC2)O3)c(C)c1. The number of nitrogens with zero attached hydrogens (tertiary/aromatic N) is 1. The summed E-state index contributed by atoms with van der Waals surface area (Å²) in [6.07, 6.45) is 1.90. The molecule has 0 bridgehead atoms. The summed E-state index contributed by atoms with van der Waals surface area (Å²) in [6, 6.07) is 11.9. The van der Waals surface area contributed by atoms with Crippen LogP contribution in [0.3, 0.4) is 0 Å². The molecule has 1 fully saturated rings. The van der Waals surface area contributed by atoms with Crippen molar-refractivity contribution < 1.29 is 18.8 Å². The second-order valence-electron chi connectivity index (χ2n) is 9.55. The fourth-order valence-electron chi connectivity index (χ4n) is 4.74. The fourth-order valence-corrected chi connectivity index (χ4v) is 6.22. The molecule has 1 saturated heterocycles. The first kappa shape index (κ1) is 23.3. The number of anilines is 1. The lowest BCUT2D eigenvalue weighted by atomic mass is 9.87. The Labute approximate surface area is 194 Å². The van der Waals surface area contributed by atoms with E-state index in [1.807, 2.05) is 22.5 Å². The molecule has 5 nitrogen and oxygen atoms in total. The molecular formula is C26H35NO4S. The summed E-state index contributed by atoms with van der Waals surface area (Å²) in [7, 11) is -1.39. The predicted molar refractivity (Wildman–Crippen MR) is 128 cm³/mol. The summed E-state index contributed by atoms with van der Waals surface area (Å²) in [4.78, 5) is 0.691. The van der Waals surface area contributed by atoms with Crippen molar-refractivity contribution in [2.45, 2.75) is 64.1 Å². The quantitative estimate of drug-likeness (QED) is 0.656. The van der Waals surface area contributed by atoms with E-state index in [2.05, 4.69) is 45.9 Å². The van der Waals surface area contributed by atoms with E-state index in [0.717, 1.165) is 42.9 Å². The van der Waals surface area contributed by atoms with Crippen LogP contribution in [-0.4, -0.2) is 35.2 Å². The van der Waals surface area contributed by atoms with Crippen LogP contribution in [0.2, 0.25) is 0 Å². The highest BCUT2D eigenvalue weighted by atomic mass is 32.2. The average Bonchev–Trinajstić information content (AvgIpc) is 2.77. The van der Waals surface area contributed by atoms with Crippen LogP contribution in [0.25, 0.3) is 0 Å². The van der Waals surface area contributed by atoms with Gasteiger partial charge >= 0.3 is 0 Å². The minimum absolute atomic E-state index is 0.00500. The van der Waals surface area contributed by atoms with Gasteiger partial charge in [-0.05, 0) is 62.4 Å². The normalized spacial score (nSPS) is 22.3. The van der Waals surface area contributed by atoms with Crippen molar-refractivity contribution in [2.24, 2.45) is 11.8 Å². The Balaban J connectivity index is 1.60. The lowest BCUT2D eigenvalue weighted by Crippen LogP contribution is -2.36. The van der Waals surface area contributed by atoms with E-state index >= 15 is 0 Å². The number of rotatable bonds is 6. The highest BCUT2D eigenvalue weighted by Crippen LogP contribution is 2.40. The molecule has 2 aromatic rings. The first-order valence-electron chi connectivity index (χ1n) is 11.7. The van der Waals surface area contributed by atoms with Crippen LogP contribution < -0.4 is 9.04 Å². The van der Waals surface area contributed by atoms with Crippen molar-refractivity contribution in [3.8, 4) is 5.75 Å². The molecular weight excluding hydrogens is 422 g/mol. The summed E-state index contributed by atoms with van der Waals surface area (Å²) >= 11 is 0. The Morgan fingerprint density at radius 2 is 1.88 bits per heavy atom. The summed E-state index contributed by atoms with van der Waals surface area (Å²) in [6.45, 7) is 10.6. The maximum absolute atomic E-state index is 13.7. The molecule has 2 aliphatic heterocycles. The Morgan fingerprint density at radius 1 is 1.12 bits per heavy atom. The molecule has 4 rings (SSSR count). The van der Waals surface area contributed by atoms with Crippen molar-refractivity contribution in [1.82, 2.24) is 0 Å². The minimum atomic E-state index is -1.39. The zero-order valence-electron chi connectivity index (χ0n) is 19.5. The van der Waals surface area contributed by atoms with Gasteiger partial charge in [0, 0.05) is 37.7 Å². The molecule has 174 valence electrons. The van der Waals surface area contributed by atoms with Crippen LogP contribution in [0.5, 0.6) is 5.75 Å². The lowest BCUT2D eigenvalue weighted by molar-refractivity contribution is -0.0151. The van der Waals surface area contributed by atoms with E-state index in [4.69, 9.17) is 9.47 Å². The molecule has 2 heterocycles. The van der Waals surface area contributed by atoms with Crippen molar-refractivity contribution in [1.29, 1.82) is 0 Å². The second kappa shape index (κ2) is 9.94. The standard InChI is InChI=1S/C26H35NO4S/c1-17(2)16-27(23-7-5-18(3)13-19(23)4)32(29)21-6-8-25-22(14-21)24(28)15-26(31-25)20-9-11-30-12-10-20/h5-8,13-14,17,20,24,26,28H,9-12,15-16H2,1-4H3. The zero-order chi connectivity index (χ0) is 22.8. The molecule has 0 saturated carbocycles. The Kier molecular flexibility index (Phi) is 7.23. The summed E-state index contributed by atoms with van der Waals surface area (Å²) in [5.74, 6) is 1.47. The molecule has 6 heteroatoms. The van der Waals surface area contributed by atoms with Gasteiger partial charge in [0.2, 0.25) is 0 Å². The molecule has 3 atom stereocenters. The van der Waals surface area contributed by atoms with Gasteiger partial charge in [0.1, 0.15) is 11.9 Å². The van der Waals surface area contributed by atoms with Gasteiger partial charge in [-0.2, -0.15) is 0 Å². The first-order chi connectivity index (χ1) is 15.3. The van der Waals surface area contributed by atoms with Gasteiger partial charge < -0.3 is 14.6 Å². The summed E-state index contributed by atoms with van der Waals surface area (Å²) < 4.78 is 27.5. The number of hydrogen-bond donors (Lipinski definition) is 1. The van der Waals surface area contributed by atoms with E-state index < -0.39 is 17.1 Å². The van der Waals surface area contributed by atoms with Crippen molar-refractivity contribution in [2.75, 3.05) is 24.1 Å². The number of fused-ring (bicyclic) bond motifs is 1. The van der Waals surface area contributed by atoms with Crippen LogP contribution in [0.4, 0.5) is 5.69 Å². The topological polar surface area (TPSA) is 59.0 Å². The molecule has 2 aromatic carbocycles. The minimum Gasteiger partial charge on any atom is -0.490 e. The Hall–Kier alpha value is -1.89. The smallest absolute Gasteiger partial charge is 0.152 e. The lowest BCUT2D eigenvalue weighted by Gasteiger charge is -2.36. The van der Waals surface area contributed by atoms with Crippen molar-refractivity contribution in [3.63, 3.8) is 0 Å². The van der Waals surface area contributed by atoms with E-state index in [9.17, 15) is 9.32 Å². The monoisotopic (exact) mass is 457 g/mol. The van der Waals surface area contributed by atoms with E-state index in [1.165, 1.54) is 5.56 Å². The van der Waals surface area contributed by atoms with Crippen molar-refractivity contribution in [3.05, 3.63) is 53.1 Å². The van der Waals surface area contributed by atoms with Crippen molar-refractivity contribution >= 4 is 16.7 Å². The molecule has 0 aliphatic carbocycles. The van der Waals surface area contributed by atoms with Gasteiger partial charge in [-0.3, -0.25) is 4.31 Å². The molecule has 0 spiro atoms. The molecule has 0 radical (unpaired) electrons. The van der Waals surface area contributed by atoms with Gasteiger partial charge in [0.25, 0.3) is 0 Å². The molecule has 0 aromatic heterocycles. The van der Waals surface area contributed by atoms with Gasteiger partial charge in [0.05, 0.1) is 16.7 Å². The van der Waals surface area contributed by atoms with Gasteiger partial charge in [0.15, 0.2) is 11.0 Å². The average molecular weight is 458 g/mol. The van der Waals surface area contributed by atoms with E-state index in [1.54, 1.807) is 0 Å². The highest BCUT2D eigenvalue weighted by Gasteiger charge is 2.34. The van der Waals surface area contributed by atoms with Gasteiger partial charge in [-0.15, -0.1) is 0 Å². The number of aliphatic hydroxyl groups is 1. The summed E-state index contributed by atoms with van der Waals surface area (Å²) in [5, 5.41) is 10.9. The number of hydrogen-bond acceptors (Lipinski definition) is 4. The second-order valence-corrected chi connectivity index (χ2v) is 11.0. The van der Waals surface area contributed by atoms with E-state index in [-0.39, 0.29) is 6.10 Å². The van der Waals surface area contributed by atoms with Gasteiger partial charge in [-0.25, -0.2) is 4.21 Å². The third-order valence-corrected chi connectivity index (χ3v) is 7.82. The van der Waals surface area contributed by atoms with Crippen LogP contribution in [0, 0.1) is 25.7 Å². The first-order valence-corrected chi connectivity index (χ1v) is 12.8. The molecule has 2 aliphatic rings. The molecule has 0 amide bonds. The number of aliphatic hydroxyl groups excluding tert-OH is 1. The third-order valence-electron chi connectivity index (χ3n) is 6.42. The van der Waals surface area contributed by atoms with Gasteiger partial charge in [-0.1, -0.05) is 31.5 Å². The zero-order valence-corrected chi connectivity index (χ0v) is 20.4. The molecule has 1 N–H and O–H groups in total. The third kappa shape index (κ3) is 5.03. The van der Waals surface area contributed by atoms with Crippen LogP contribution in [0.1, 0.15) is 55.9 Å².